The fourth-order valence-corrected chi connectivity index (χ4v) is 2.57. The number of amides is 2. The molecule has 0 atom stereocenters. The lowest BCUT2D eigenvalue weighted by atomic mass is 10.1. The summed E-state index contributed by atoms with van der Waals surface area (Å²) in [6.45, 7) is 5.61. The van der Waals surface area contributed by atoms with Crippen LogP contribution in [0.3, 0.4) is 0 Å². The standard InChI is InChI=1S/C20H23ClN2O3/c1-4-6-18(24)22-15-7-5-8-16(11-15)23-19(25)12-26-17-9-13(2)20(21)14(3)10-17/h5,7-11H,4,6,12H2,1-3H3,(H,22,24)(H,23,25). The molecule has 0 aliphatic rings. The second-order valence-corrected chi connectivity index (χ2v) is 6.46. The van der Waals surface area contributed by atoms with Crippen LogP contribution in [0.25, 0.3) is 0 Å². The molecule has 2 aromatic carbocycles. The van der Waals surface area contributed by atoms with Gasteiger partial charge in [0.15, 0.2) is 6.61 Å². The Morgan fingerprint density at radius 1 is 1.00 bits per heavy atom. The maximum absolute atomic E-state index is 12.1. The highest BCUT2D eigenvalue weighted by Gasteiger charge is 2.08. The van der Waals surface area contributed by atoms with E-state index in [2.05, 4.69) is 10.6 Å². The fraction of sp³-hybridized carbons (Fsp3) is 0.300. The number of nitrogens with one attached hydrogen (secondary N) is 2. The molecule has 0 bridgehead atoms. The van der Waals surface area contributed by atoms with E-state index in [9.17, 15) is 9.59 Å². The molecule has 0 radical (unpaired) electrons. The van der Waals surface area contributed by atoms with E-state index in [0.717, 1.165) is 17.5 Å². The van der Waals surface area contributed by atoms with Gasteiger partial charge in [-0.25, -0.2) is 0 Å². The maximum Gasteiger partial charge on any atom is 0.262 e. The van der Waals surface area contributed by atoms with Crippen molar-refractivity contribution in [2.24, 2.45) is 0 Å². The zero-order chi connectivity index (χ0) is 19.1. The number of rotatable bonds is 7. The first kappa shape index (κ1) is 19.8. The number of ether oxygens (including phenoxy) is 1. The Morgan fingerprint density at radius 3 is 2.15 bits per heavy atom. The minimum Gasteiger partial charge on any atom is -0.484 e. The first-order chi connectivity index (χ1) is 12.4. The molecular weight excluding hydrogens is 352 g/mol. The molecule has 2 aromatic rings. The maximum atomic E-state index is 12.1. The Morgan fingerprint density at radius 2 is 1.58 bits per heavy atom. The molecule has 6 heteroatoms. The SMILES string of the molecule is CCCC(=O)Nc1cccc(NC(=O)COc2cc(C)c(Cl)c(C)c2)c1. The number of hydrogen-bond acceptors (Lipinski definition) is 3. The first-order valence-electron chi connectivity index (χ1n) is 8.48. The van der Waals surface area contributed by atoms with Crippen LogP contribution in [0.2, 0.25) is 5.02 Å². The Kier molecular flexibility index (Phi) is 7.04. The monoisotopic (exact) mass is 374 g/mol. The minimum absolute atomic E-state index is 0.0483. The van der Waals surface area contributed by atoms with Crippen molar-refractivity contribution in [2.45, 2.75) is 33.6 Å². The first-order valence-corrected chi connectivity index (χ1v) is 8.86. The highest BCUT2D eigenvalue weighted by atomic mass is 35.5. The quantitative estimate of drug-likeness (QED) is 0.737. The fourth-order valence-electron chi connectivity index (χ4n) is 2.46. The van der Waals surface area contributed by atoms with Crippen molar-refractivity contribution in [1.82, 2.24) is 0 Å². The third-order valence-electron chi connectivity index (χ3n) is 3.69. The van der Waals surface area contributed by atoms with E-state index < -0.39 is 0 Å². The molecule has 0 saturated heterocycles. The van der Waals surface area contributed by atoms with Crippen molar-refractivity contribution in [1.29, 1.82) is 0 Å². The van der Waals surface area contributed by atoms with E-state index in [0.29, 0.717) is 28.6 Å². The van der Waals surface area contributed by atoms with E-state index in [1.54, 1.807) is 36.4 Å². The van der Waals surface area contributed by atoms with Crippen LogP contribution in [-0.4, -0.2) is 18.4 Å². The Bertz CT molecular complexity index is 782. The summed E-state index contributed by atoms with van der Waals surface area (Å²) in [5.74, 6) is 0.264. The summed E-state index contributed by atoms with van der Waals surface area (Å²) in [5.41, 5.74) is 3.04. The number of hydrogen-bond donors (Lipinski definition) is 2. The summed E-state index contributed by atoms with van der Waals surface area (Å²) < 4.78 is 5.54. The zero-order valence-electron chi connectivity index (χ0n) is 15.2. The molecule has 0 aromatic heterocycles. The highest BCUT2D eigenvalue weighted by Crippen LogP contribution is 2.25. The molecular formula is C20H23ClN2O3. The summed E-state index contributed by atoms with van der Waals surface area (Å²) >= 11 is 6.13. The Balaban J connectivity index is 1.92. The molecule has 0 spiro atoms. The summed E-state index contributed by atoms with van der Waals surface area (Å²) in [6.07, 6.45) is 1.24. The van der Waals surface area contributed by atoms with Crippen molar-refractivity contribution in [2.75, 3.05) is 17.2 Å². The molecule has 0 heterocycles. The number of carbonyl (C=O) groups excluding carboxylic acids is 2. The van der Waals surface area contributed by atoms with Gasteiger partial charge in [-0.15, -0.1) is 0 Å². The van der Waals surface area contributed by atoms with Crippen molar-refractivity contribution in [3.63, 3.8) is 0 Å². The molecule has 5 nitrogen and oxygen atoms in total. The summed E-state index contributed by atoms with van der Waals surface area (Å²) in [5, 5.41) is 6.25. The molecule has 138 valence electrons. The molecule has 0 saturated carbocycles. The lowest BCUT2D eigenvalue weighted by Gasteiger charge is -2.11. The molecule has 26 heavy (non-hydrogen) atoms. The van der Waals surface area contributed by atoms with Gasteiger partial charge in [0, 0.05) is 22.8 Å². The van der Waals surface area contributed by atoms with Gasteiger partial charge in [0.25, 0.3) is 5.91 Å². The van der Waals surface area contributed by atoms with Crippen molar-refractivity contribution >= 4 is 34.8 Å². The van der Waals surface area contributed by atoms with Crippen LogP contribution >= 0.6 is 11.6 Å². The predicted molar refractivity (Wildman–Crippen MR) is 105 cm³/mol. The van der Waals surface area contributed by atoms with E-state index in [1.165, 1.54) is 0 Å². The van der Waals surface area contributed by atoms with E-state index >= 15 is 0 Å². The van der Waals surface area contributed by atoms with Gasteiger partial charge in [-0.3, -0.25) is 9.59 Å². The third-order valence-corrected chi connectivity index (χ3v) is 4.28. The average molecular weight is 375 g/mol. The van der Waals surface area contributed by atoms with Gasteiger partial charge in [0.05, 0.1) is 0 Å². The van der Waals surface area contributed by atoms with Gasteiger partial charge < -0.3 is 15.4 Å². The van der Waals surface area contributed by atoms with E-state index in [-0.39, 0.29) is 18.4 Å². The lowest BCUT2D eigenvalue weighted by Crippen LogP contribution is -2.20. The molecule has 2 amide bonds. The van der Waals surface area contributed by atoms with Gasteiger partial charge in [-0.1, -0.05) is 24.6 Å². The van der Waals surface area contributed by atoms with Gasteiger partial charge in [-0.2, -0.15) is 0 Å². The zero-order valence-corrected chi connectivity index (χ0v) is 15.9. The van der Waals surface area contributed by atoms with Crippen LogP contribution in [0.5, 0.6) is 5.75 Å². The van der Waals surface area contributed by atoms with Crippen LogP contribution in [0.4, 0.5) is 11.4 Å². The minimum atomic E-state index is -0.285. The highest BCUT2D eigenvalue weighted by molar-refractivity contribution is 6.32. The molecule has 0 fully saturated rings. The van der Waals surface area contributed by atoms with Gasteiger partial charge in [0.1, 0.15) is 5.75 Å². The molecule has 0 unspecified atom stereocenters. The number of benzene rings is 2. The van der Waals surface area contributed by atoms with Crippen LogP contribution in [0.1, 0.15) is 30.9 Å². The normalized spacial score (nSPS) is 10.3. The van der Waals surface area contributed by atoms with Gasteiger partial charge >= 0.3 is 0 Å². The Hall–Kier alpha value is -2.53. The van der Waals surface area contributed by atoms with Crippen LogP contribution in [-0.2, 0) is 9.59 Å². The van der Waals surface area contributed by atoms with E-state index in [1.807, 2.05) is 20.8 Å². The largest absolute Gasteiger partial charge is 0.484 e. The summed E-state index contributed by atoms with van der Waals surface area (Å²) in [6, 6.07) is 10.6. The lowest BCUT2D eigenvalue weighted by molar-refractivity contribution is -0.118. The van der Waals surface area contributed by atoms with Crippen molar-refractivity contribution < 1.29 is 14.3 Å². The summed E-state index contributed by atoms with van der Waals surface area (Å²) in [4.78, 5) is 23.8. The topological polar surface area (TPSA) is 67.4 Å². The number of aryl methyl sites for hydroxylation is 2. The second kappa shape index (κ2) is 9.25. The van der Waals surface area contributed by atoms with Crippen LogP contribution < -0.4 is 15.4 Å². The van der Waals surface area contributed by atoms with E-state index in [4.69, 9.17) is 16.3 Å². The van der Waals surface area contributed by atoms with Crippen LogP contribution in [0.15, 0.2) is 36.4 Å². The number of anilines is 2. The second-order valence-electron chi connectivity index (χ2n) is 6.09. The molecule has 0 aliphatic heterocycles. The van der Waals surface area contributed by atoms with Gasteiger partial charge in [-0.05, 0) is 61.7 Å². The third kappa shape index (κ3) is 5.77. The smallest absolute Gasteiger partial charge is 0.262 e. The number of carbonyl (C=O) groups is 2. The molecule has 2 N–H and O–H groups in total. The van der Waals surface area contributed by atoms with Crippen molar-refractivity contribution in [3.05, 3.63) is 52.5 Å². The Labute approximate surface area is 158 Å². The van der Waals surface area contributed by atoms with Gasteiger partial charge in [0.2, 0.25) is 5.91 Å². The predicted octanol–water partition coefficient (Wildman–Crippen LogP) is 4.71. The van der Waals surface area contributed by atoms with Crippen molar-refractivity contribution in [3.8, 4) is 5.75 Å². The molecule has 2 rings (SSSR count). The summed E-state index contributed by atoms with van der Waals surface area (Å²) in [7, 11) is 0. The number of halogens is 1. The molecule has 0 aliphatic carbocycles. The average Bonchev–Trinajstić information content (AvgIpc) is 2.58. The van der Waals surface area contributed by atoms with Crippen LogP contribution in [0, 0.1) is 13.8 Å².